The lowest BCUT2D eigenvalue weighted by Crippen LogP contribution is -2.03. The highest BCUT2D eigenvalue weighted by Gasteiger charge is 2.26. The third-order valence-corrected chi connectivity index (χ3v) is 5.05. The molecule has 31 heavy (non-hydrogen) atoms. The first-order valence-electron chi connectivity index (χ1n) is 9.36. The van der Waals surface area contributed by atoms with Crippen molar-refractivity contribution in [2.75, 3.05) is 7.11 Å². The van der Waals surface area contributed by atoms with Gasteiger partial charge in [-0.15, -0.1) is 0 Å². The molecule has 4 rings (SSSR count). The lowest BCUT2D eigenvalue weighted by atomic mass is 10.0. The van der Waals surface area contributed by atoms with Crippen molar-refractivity contribution in [3.05, 3.63) is 95.0 Å². The number of hydrogen-bond donors (Lipinski definition) is 1. The lowest BCUT2D eigenvalue weighted by Gasteiger charge is -2.09. The van der Waals surface area contributed by atoms with Crippen LogP contribution in [0.5, 0.6) is 0 Å². The van der Waals surface area contributed by atoms with Gasteiger partial charge < -0.3 is 9.84 Å². The van der Waals surface area contributed by atoms with Gasteiger partial charge in [-0.05, 0) is 36.4 Å². The van der Waals surface area contributed by atoms with Crippen LogP contribution in [-0.2, 0) is 4.74 Å². The molecule has 1 heterocycles. The van der Waals surface area contributed by atoms with Gasteiger partial charge in [-0.3, -0.25) is 0 Å². The summed E-state index contributed by atoms with van der Waals surface area (Å²) >= 11 is 6.03. The first-order chi connectivity index (χ1) is 15.0. The van der Waals surface area contributed by atoms with Crippen molar-refractivity contribution < 1.29 is 19.4 Å². The SMILES string of the molecule is COC(=O)c1ccc(-c2nn(-c3ccc(Cl)cc3)c(-c3ccccc3)c2C(=O)O)cc1. The summed E-state index contributed by atoms with van der Waals surface area (Å²) in [5, 5.41) is 15.3. The minimum atomic E-state index is -1.11. The van der Waals surface area contributed by atoms with Crippen molar-refractivity contribution >= 4 is 23.5 Å². The molecule has 0 fully saturated rings. The second-order valence-corrected chi connectivity index (χ2v) is 7.14. The summed E-state index contributed by atoms with van der Waals surface area (Å²) in [5.41, 5.74) is 3.11. The zero-order chi connectivity index (χ0) is 22.0. The van der Waals surface area contributed by atoms with E-state index in [0.29, 0.717) is 33.1 Å². The summed E-state index contributed by atoms with van der Waals surface area (Å²) in [7, 11) is 1.30. The smallest absolute Gasteiger partial charge is 0.340 e. The van der Waals surface area contributed by atoms with E-state index in [1.165, 1.54) is 7.11 Å². The maximum absolute atomic E-state index is 12.4. The topological polar surface area (TPSA) is 81.4 Å². The molecule has 4 aromatic rings. The van der Waals surface area contributed by atoms with E-state index in [4.69, 9.17) is 16.3 Å². The van der Waals surface area contributed by atoms with Crippen LogP contribution in [0.2, 0.25) is 5.02 Å². The predicted octanol–water partition coefficient (Wildman–Crippen LogP) is 5.34. The number of carboxylic acids is 1. The van der Waals surface area contributed by atoms with Crippen LogP contribution in [0.3, 0.4) is 0 Å². The summed E-state index contributed by atoms with van der Waals surface area (Å²) in [5.74, 6) is -1.58. The van der Waals surface area contributed by atoms with Gasteiger partial charge in [0.15, 0.2) is 0 Å². The number of esters is 1. The zero-order valence-electron chi connectivity index (χ0n) is 16.4. The van der Waals surface area contributed by atoms with Gasteiger partial charge in [0.2, 0.25) is 0 Å². The number of benzene rings is 3. The number of nitrogens with zero attached hydrogens (tertiary/aromatic N) is 2. The number of halogens is 1. The van der Waals surface area contributed by atoms with Gasteiger partial charge in [-0.25, -0.2) is 14.3 Å². The molecule has 0 atom stereocenters. The first-order valence-corrected chi connectivity index (χ1v) is 9.74. The van der Waals surface area contributed by atoms with Crippen LogP contribution >= 0.6 is 11.6 Å². The second-order valence-electron chi connectivity index (χ2n) is 6.70. The Balaban J connectivity index is 1.97. The highest BCUT2D eigenvalue weighted by atomic mass is 35.5. The molecule has 1 aromatic heterocycles. The molecule has 0 unspecified atom stereocenters. The van der Waals surface area contributed by atoms with Gasteiger partial charge in [0, 0.05) is 16.1 Å². The normalized spacial score (nSPS) is 10.6. The van der Waals surface area contributed by atoms with Crippen LogP contribution in [0, 0.1) is 0 Å². The van der Waals surface area contributed by atoms with Gasteiger partial charge in [0.1, 0.15) is 11.3 Å². The Morgan fingerprint density at radius 1 is 0.903 bits per heavy atom. The van der Waals surface area contributed by atoms with Gasteiger partial charge in [-0.1, -0.05) is 54.1 Å². The van der Waals surface area contributed by atoms with Crippen molar-refractivity contribution in [3.8, 4) is 28.2 Å². The molecule has 0 spiro atoms. The highest BCUT2D eigenvalue weighted by Crippen LogP contribution is 2.34. The van der Waals surface area contributed by atoms with Crippen molar-refractivity contribution in [1.82, 2.24) is 9.78 Å². The largest absolute Gasteiger partial charge is 0.478 e. The van der Waals surface area contributed by atoms with Crippen LogP contribution in [-0.4, -0.2) is 33.9 Å². The third kappa shape index (κ3) is 3.93. The van der Waals surface area contributed by atoms with E-state index in [1.54, 1.807) is 53.2 Å². The number of aromatic nitrogens is 2. The van der Waals surface area contributed by atoms with Crippen LogP contribution < -0.4 is 0 Å². The molecule has 0 aliphatic heterocycles. The molecule has 0 amide bonds. The van der Waals surface area contributed by atoms with Crippen LogP contribution in [0.25, 0.3) is 28.2 Å². The van der Waals surface area contributed by atoms with Gasteiger partial charge in [0.05, 0.1) is 24.1 Å². The molecule has 3 aromatic carbocycles. The molecule has 0 bridgehead atoms. The van der Waals surface area contributed by atoms with Crippen molar-refractivity contribution in [3.63, 3.8) is 0 Å². The predicted molar refractivity (Wildman–Crippen MR) is 118 cm³/mol. The Kier molecular flexibility index (Phi) is 5.56. The maximum Gasteiger partial charge on any atom is 0.340 e. The molecule has 7 heteroatoms. The Morgan fingerprint density at radius 2 is 1.55 bits per heavy atom. The molecular formula is C24H17ClN2O4. The van der Waals surface area contributed by atoms with E-state index in [9.17, 15) is 14.7 Å². The van der Waals surface area contributed by atoms with Crippen molar-refractivity contribution in [1.29, 1.82) is 0 Å². The summed E-state index contributed by atoms with van der Waals surface area (Å²) in [6, 6.07) is 22.7. The lowest BCUT2D eigenvalue weighted by molar-refractivity contribution is 0.0599. The fourth-order valence-electron chi connectivity index (χ4n) is 3.34. The second kappa shape index (κ2) is 8.45. The van der Waals surface area contributed by atoms with Crippen LogP contribution in [0.15, 0.2) is 78.9 Å². The fraction of sp³-hybridized carbons (Fsp3) is 0.0417. The fourth-order valence-corrected chi connectivity index (χ4v) is 3.46. The van der Waals surface area contributed by atoms with E-state index in [-0.39, 0.29) is 11.3 Å². The van der Waals surface area contributed by atoms with E-state index in [2.05, 4.69) is 5.10 Å². The van der Waals surface area contributed by atoms with E-state index in [1.807, 2.05) is 30.3 Å². The summed E-state index contributed by atoms with van der Waals surface area (Å²) in [6.45, 7) is 0. The quantitative estimate of drug-likeness (QED) is 0.430. The monoisotopic (exact) mass is 432 g/mol. The summed E-state index contributed by atoms with van der Waals surface area (Å²) < 4.78 is 6.32. The number of hydrogen-bond acceptors (Lipinski definition) is 4. The Bertz CT molecular complexity index is 1250. The molecule has 154 valence electrons. The number of carbonyl (C=O) groups is 2. The number of carboxylic acid groups (broad SMARTS) is 1. The standard InChI is InChI=1S/C24H17ClN2O4/c1-31-24(30)17-9-7-15(8-10-17)21-20(23(28)29)22(16-5-3-2-4-6-16)27(26-21)19-13-11-18(25)12-14-19/h2-14H,1H3,(H,28,29). The van der Waals surface area contributed by atoms with Crippen LogP contribution in [0.1, 0.15) is 20.7 Å². The maximum atomic E-state index is 12.4. The molecule has 6 nitrogen and oxygen atoms in total. The minimum absolute atomic E-state index is 0.0620. The van der Waals surface area contributed by atoms with Gasteiger partial charge >= 0.3 is 11.9 Å². The molecular weight excluding hydrogens is 416 g/mol. The van der Waals surface area contributed by atoms with Crippen LogP contribution in [0.4, 0.5) is 0 Å². The first kappa shape index (κ1) is 20.4. The minimum Gasteiger partial charge on any atom is -0.478 e. The number of carbonyl (C=O) groups excluding carboxylic acids is 1. The van der Waals surface area contributed by atoms with Crippen molar-refractivity contribution in [2.45, 2.75) is 0 Å². The molecule has 0 aliphatic rings. The molecule has 0 saturated heterocycles. The molecule has 1 N–H and O–H groups in total. The van der Waals surface area contributed by atoms with Gasteiger partial charge in [-0.2, -0.15) is 5.10 Å². The summed E-state index contributed by atoms with van der Waals surface area (Å²) in [4.78, 5) is 24.1. The Hall–Kier alpha value is -3.90. The molecule has 0 saturated carbocycles. The Labute approximate surface area is 183 Å². The highest BCUT2D eigenvalue weighted by molar-refractivity contribution is 6.30. The Morgan fingerprint density at radius 3 is 2.13 bits per heavy atom. The number of methoxy groups -OCH3 is 1. The molecule has 0 radical (unpaired) electrons. The van der Waals surface area contributed by atoms with E-state index < -0.39 is 11.9 Å². The summed E-state index contributed by atoms with van der Waals surface area (Å²) in [6.07, 6.45) is 0. The van der Waals surface area contributed by atoms with E-state index in [0.717, 1.165) is 0 Å². The third-order valence-electron chi connectivity index (χ3n) is 4.80. The van der Waals surface area contributed by atoms with Gasteiger partial charge in [0.25, 0.3) is 0 Å². The molecule has 0 aliphatic carbocycles. The average Bonchev–Trinajstić information content (AvgIpc) is 3.21. The number of rotatable bonds is 5. The average molecular weight is 433 g/mol. The van der Waals surface area contributed by atoms with Crippen molar-refractivity contribution in [2.24, 2.45) is 0 Å². The zero-order valence-corrected chi connectivity index (χ0v) is 17.2. The number of aromatic carboxylic acids is 1. The van der Waals surface area contributed by atoms with E-state index >= 15 is 0 Å². The number of ether oxygens (including phenoxy) is 1.